The third kappa shape index (κ3) is 3.50. The molecule has 23 heavy (non-hydrogen) atoms. The van der Waals surface area contributed by atoms with Crippen LogP contribution in [0.2, 0.25) is 0 Å². The molecular weight excluding hydrogens is 294 g/mol. The van der Waals surface area contributed by atoms with Gasteiger partial charge in [0.05, 0.1) is 11.1 Å². The number of nitrogens with two attached hydrogens (primary N) is 1. The summed E-state index contributed by atoms with van der Waals surface area (Å²) < 4.78 is 0. The van der Waals surface area contributed by atoms with Gasteiger partial charge in [0.2, 0.25) is 0 Å². The summed E-state index contributed by atoms with van der Waals surface area (Å²) in [6.07, 6.45) is 3.36. The summed E-state index contributed by atoms with van der Waals surface area (Å²) in [5.74, 6) is -0.139. The van der Waals surface area contributed by atoms with Crippen LogP contribution in [0.15, 0.2) is 18.2 Å². The second-order valence-corrected chi connectivity index (χ2v) is 5.91. The van der Waals surface area contributed by atoms with Gasteiger partial charge >= 0.3 is 0 Å². The Bertz CT molecular complexity index is 718. The van der Waals surface area contributed by atoms with Crippen molar-refractivity contribution in [3.8, 4) is 0 Å². The minimum atomic E-state index is -0.641. The fraction of sp³-hybridized carbons (Fsp3) is 0.438. The molecule has 0 spiro atoms. The van der Waals surface area contributed by atoms with E-state index >= 15 is 0 Å². The summed E-state index contributed by atoms with van der Waals surface area (Å²) in [5, 5.41) is 6.31. The van der Waals surface area contributed by atoms with Gasteiger partial charge in [-0.1, -0.05) is 6.07 Å². The molecule has 1 atom stereocenters. The van der Waals surface area contributed by atoms with E-state index in [1.807, 2.05) is 0 Å². The molecule has 1 fully saturated rings. The summed E-state index contributed by atoms with van der Waals surface area (Å²) >= 11 is 0. The lowest BCUT2D eigenvalue weighted by molar-refractivity contribution is 0.0949. The molecular formula is C16H21N5O2. The Labute approximate surface area is 134 Å². The molecule has 1 aromatic heterocycles. The van der Waals surface area contributed by atoms with E-state index in [1.165, 1.54) is 12.8 Å². The fourth-order valence-electron chi connectivity index (χ4n) is 2.99. The van der Waals surface area contributed by atoms with Gasteiger partial charge in [-0.25, -0.2) is 4.98 Å². The standard InChI is InChI=1S/C16H21N5O2/c17-14(22)15-20-12-5-1-4-11(13(12)21-15)16(23)19-8-6-10-3-2-7-18-9-10/h1,4-5,10,18H,2-3,6-9H2,(H2,17,22)(H,19,23)(H,20,21). The number of aromatic amines is 1. The van der Waals surface area contributed by atoms with Crippen LogP contribution in [0.4, 0.5) is 0 Å². The van der Waals surface area contributed by atoms with Crippen molar-refractivity contribution in [3.05, 3.63) is 29.6 Å². The van der Waals surface area contributed by atoms with Crippen molar-refractivity contribution < 1.29 is 9.59 Å². The topological polar surface area (TPSA) is 113 Å². The number of carbonyl (C=O) groups excluding carboxylic acids is 2. The molecule has 0 aliphatic carbocycles. The molecule has 1 aliphatic rings. The number of nitrogens with one attached hydrogen (secondary N) is 3. The number of hydrogen-bond donors (Lipinski definition) is 4. The highest BCUT2D eigenvalue weighted by Crippen LogP contribution is 2.17. The Kier molecular flexibility index (Phi) is 4.57. The molecule has 122 valence electrons. The minimum absolute atomic E-state index is 0.0635. The first-order chi connectivity index (χ1) is 11.1. The number of aromatic nitrogens is 2. The molecule has 7 heteroatoms. The predicted octanol–water partition coefficient (Wildman–Crippen LogP) is 0.781. The first kappa shape index (κ1) is 15.5. The van der Waals surface area contributed by atoms with Crippen LogP contribution in [0.1, 0.15) is 40.2 Å². The highest BCUT2D eigenvalue weighted by atomic mass is 16.2. The largest absolute Gasteiger partial charge is 0.363 e. The van der Waals surface area contributed by atoms with Gasteiger partial charge in [0.25, 0.3) is 11.8 Å². The van der Waals surface area contributed by atoms with Crippen LogP contribution in [-0.4, -0.2) is 41.4 Å². The van der Waals surface area contributed by atoms with Crippen molar-refractivity contribution in [1.29, 1.82) is 0 Å². The quantitative estimate of drug-likeness (QED) is 0.653. The zero-order chi connectivity index (χ0) is 16.2. The summed E-state index contributed by atoms with van der Waals surface area (Å²) in [6, 6.07) is 5.22. The molecule has 5 N–H and O–H groups in total. The van der Waals surface area contributed by atoms with Crippen LogP contribution in [0.25, 0.3) is 11.0 Å². The van der Waals surface area contributed by atoms with Crippen molar-refractivity contribution in [2.45, 2.75) is 19.3 Å². The Hall–Kier alpha value is -2.41. The highest BCUT2D eigenvalue weighted by molar-refractivity contribution is 6.06. The average molecular weight is 315 g/mol. The number of piperidine rings is 1. The lowest BCUT2D eigenvalue weighted by Gasteiger charge is -2.22. The van der Waals surface area contributed by atoms with Crippen LogP contribution >= 0.6 is 0 Å². The first-order valence-corrected chi connectivity index (χ1v) is 7.92. The third-order valence-corrected chi connectivity index (χ3v) is 4.23. The molecule has 1 saturated heterocycles. The number of amides is 2. The maximum Gasteiger partial charge on any atom is 0.284 e. The predicted molar refractivity (Wildman–Crippen MR) is 87.2 cm³/mol. The number of benzene rings is 1. The van der Waals surface area contributed by atoms with Crippen LogP contribution in [0.5, 0.6) is 0 Å². The van der Waals surface area contributed by atoms with Crippen molar-refractivity contribution in [3.63, 3.8) is 0 Å². The number of H-pyrrole nitrogens is 1. The summed E-state index contributed by atoms with van der Waals surface area (Å²) in [6.45, 7) is 2.74. The number of para-hydroxylation sites is 1. The second kappa shape index (κ2) is 6.78. The van der Waals surface area contributed by atoms with Gasteiger partial charge in [0.1, 0.15) is 5.52 Å². The van der Waals surface area contributed by atoms with Crippen molar-refractivity contribution >= 4 is 22.8 Å². The van der Waals surface area contributed by atoms with E-state index in [0.29, 0.717) is 29.1 Å². The van der Waals surface area contributed by atoms with Gasteiger partial charge in [-0.3, -0.25) is 9.59 Å². The molecule has 1 unspecified atom stereocenters. The molecule has 2 aromatic rings. The second-order valence-electron chi connectivity index (χ2n) is 5.91. The molecule has 1 aromatic carbocycles. The lowest BCUT2D eigenvalue weighted by Crippen LogP contribution is -2.33. The Morgan fingerprint density at radius 2 is 2.26 bits per heavy atom. The van der Waals surface area contributed by atoms with E-state index in [4.69, 9.17) is 5.73 Å². The SMILES string of the molecule is NC(=O)c1nc2c(C(=O)NCCC3CCCNC3)cccc2[nH]1. The fourth-order valence-corrected chi connectivity index (χ4v) is 2.99. The molecule has 2 heterocycles. The van der Waals surface area contributed by atoms with E-state index in [0.717, 1.165) is 19.5 Å². The summed E-state index contributed by atoms with van der Waals surface area (Å²) in [4.78, 5) is 30.6. The van der Waals surface area contributed by atoms with Gasteiger partial charge in [-0.2, -0.15) is 0 Å². The van der Waals surface area contributed by atoms with Gasteiger partial charge in [-0.05, 0) is 50.4 Å². The molecule has 3 rings (SSSR count). The van der Waals surface area contributed by atoms with Crippen molar-refractivity contribution in [2.75, 3.05) is 19.6 Å². The summed E-state index contributed by atoms with van der Waals surface area (Å²) in [7, 11) is 0. The molecule has 0 radical (unpaired) electrons. The maximum absolute atomic E-state index is 12.4. The monoisotopic (exact) mass is 315 g/mol. The van der Waals surface area contributed by atoms with Crippen LogP contribution in [0.3, 0.4) is 0 Å². The number of nitrogens with zero attached hydrogens (tertiary/aromatic N) is 1. The number of rotatable bonds is 5. The molecule has 0 bridgehead atoms. The Balaban J connectivity index is 1.66. The number of imidazole rings is 1. The molecule has 1 aliphatic heterocycles. The van der Waals surface area contributed by atoms with Gasteiger partial charge < -0.3 is 21.4 Å². The van der Waals surface area contributed by atoms with E-state index in [1.54, 1.807) is 18.2 Å². The zero-order valence-corrected chi connectivity index (χ0v) is 12.9. The van der Waals surface area contributed by atoms with Gasteiger partial charge in [0, 0.05) is 6.54 Å². The summed E-state index contributed by atoms with van der Waals surface area (Å²) in [5.41, 5.74) is 6.78. The maximum atomic E-state index is 12.4. The van der Waals surface area contributed by atoms with E-state index in [-0.39, 0.29) is 11.7 Å². The van der Waals surface area contributed by atoms with Crippen molar-refractivity contribution in [2.24, 2.45) is 11.7 Å². The Morgan fingerprint density at radius 1 is 1.39 bits per heavy atom. The van der Waals surface area contributed by atoms with Gasteiger partial charge in [-0.15, -0.1) is 0 Å². The van der Waals surface area contributed by atoms with E-state index < -0.39 is 5.91 Å². The van der Waals surface area contributed by atoms with Crippen LogP contribution in [-0.2, 0) is 0 Å². The molecule has 2 amide bonds. The number of fused-ring (bicyclic) bond motifs is 1. The smallest absolute Gasteiger partial charge is 0.284 e. The minimum Gasteiger partial charge on any atom is -0.363 e. The van der Waals surface area contributed by atoms with Crippen molar-refractivity contribution in [1.82, 2.24) is 20.6 Å². The number of carbonyl (C=O) groups is 2. The Morgan fingerprint density at radius 3 is 3.00 bits per heavy atom. The number of hydrogen-bond acceptors (Lipinski definition) is 4. The molecule has 0 saturated carbocycles. The third-order valence-electron chi connectivity index (χ3n) is 4.23. The highest BCUT2D eigenvalue weighted by Gasteiger charge is 2.16. The molecule has 7 nitrogen and oxygen atoms in total. The van der Waals surface area contributed by atoms with Gasteiger partial charge in [0.15, 0.2) is 5.82 Å². The first-order valence-electron chi connectivity index (χ1n) is 7.92. The lowest BCUT2D eigenvalue weighted by atomic mass is 9.96. The average Bonchev–Trinajstić information content (AvgIpc) is 3.00. The van der Waals surface area contributed by atoms with Crippen LogP contribution in [0, 0.1) is 5.92 Å². The zero-order valence-electron chi connectivity index (χ0n) is 12.9. The van der Waals surface area contributed by atoms with Crippen LogP contribution < -0.4 is 16.4 Å². The number of primary amides is 1. The van der Waals surface area contributed by atoms with E-state index in [9.17, 15) is 9.59 Å². The van der Waals surface area contributed by atoms with E-state index in [2.05, 4.69) is 20.6 Å². The normalized spacial score (nSPS) is 18.0.